The van der Waals surface area contributed by atoms with E-state index in [4.69, 9.17) is 0 Å². The summed E-state index contributed by atoms with van der Waals surface area (Å²) in [4.78, 5) is 0. The molecule has 0 unspecified atom stereocenters. The van der Waals surface area contributed by atoms with Gasteiger partial charge in [0.25, 0.3) is 0 Å². The van der Waals surface area contributed by atoms with E-state index in [-0.39, 0.29) is 0 Å². The summed E-state index contributed by atoms with van der Waals surface area (Å²) in [5.41, 5.74) is 1.96. The van der Waals surface area contributed by atoms with Crippen molar-refractivity contribution < 1.29 is 4.39 Å². The first-order valence-corrected chi connectivity index (χ1v) is 3.77. The normalized spacial score (nSPS) is 10.9. The van der Waals surface area contributed by atoms with Gasteiger partial charge in [0.15, 0.2) is 0 Å². The van der Waals surface area contributed by atoms with Crippen LogP contribution in [0.4, 0.5) is 4.39 Å². The lowest BCUT2D eigenvalue weighted by Gasteiger charge is -1.94. The maximum absolute atomic E-state index is 13.0. The quantitative estimate of drug-likeness (QED) is 0.582. The molecule has 2 aromatic rings. The fraction of sp³-hybridized carbons (Fsp3) is 0.222. The summed E-state index contributed by atoms with van der Waals surface area (Å²) < 4.78 is 14.6. The van der Waals surface area contributed by atoms with E-state index in [0.29, 0.717) is 5.39 Å². The van der Waals surface area contributed by atoms with Crippen LogP contribution in [0.5, 0.6) is 0 Å². The van der Waals surface area contributed by atoms with Crippen LogP contribution in [0.25, 0.3) is 10.9 Å². The summed E-state index contributed by atoms with van der Waals surface area (Å²) in [6.45, 7) is 1.98. The second kappa shape index (κ2) is 2.30. The van der Waals surface area contributed by atoms with Crippen molar-refractivity contribution in [1.29, 1.82) is 0 Å². The van der Waals surface area contributed by atoms with Gasteiger partial charge in [-0.3, -0.25) is 4.68 Å². The van der Waals surface area contributed by atoms with Crippen LogP contribution < -0.4 is 0 Å². The molecule has 12 heavy (non-hydrogen) atoms. The molecule has 0 fully saturated rings. The highest BCUT2D eigenvalue weighted by atomic mass is 19.1. The van der Waals surface area contributed by atoms with Crippen molar-refractivity contribution in [2.75, 3.05) is 0 Å². The third kappa shape index (κ3) is 0.897. The van der Waals surface area contributed by atoms with Crippen LogP contribution in [0.1, 0.15) is 5.56 Å². The first-order chi connectivity index (χ1) is 5.68. The van der Waals surface area contributed by atoms with Crippen LogP contribution in [0.2, 0.25) is 0 Å². The molecule has 0 aliphatic carbocycles. The molecule has 0 saturated heterocycles. The molecule has 0 amide bonds. The van der Waals surface area contributed by atoms with E-state index < -0.39 is 5.95 Å². The van der Waals surface area contributed by atoms with Crippen molar-refractivity contribution in [3.63, 3.8) is 0 Å². The lowest BCUT2D eigenvalue weighted by atomic mass is 10.2. The van der Waals surface area contributed by atoms with E-state index in [1.807, 2.05) is 19.1 Å². The van der Waals surface area contributed by atoms with Crippen molar-refractivity contribution in [3.8, 4) is 0 Å². The van der Waals surface area contributed by atoms with Gasteiger partial charge < -0.3 is 0 Å². The zero-order valence-corrected chi connectivity index (χ0v) is 7.00. The van der Waals surface area contributed by atoms with Gasteiger partial charge in [0.1, 0.15) is 0 Å². The van der Waals surface area contributed by atoms with E-state index in [0.717, 1.165) is 11.1 Å². The Kier molecular flexibility index (Phi) is 1.40. The molecule has 0 atom stereocenters. The fourth-order valence-corrected chi connectivity index (χ4v) is 1.32. The Morgan fingerprint density at radius 1 is 1.42 bits per heavy atom. The molecular formula is C9H9FN2. The Morgan fingerprint density at radius 2 is 2.17 bits per heavy atom. The molecular weight excluding hydrogens is 155 g/mol. The molecule has 0 radical (unpaired) electrons. The molecule has 62 valence electrons. The van der Waals surface area contributed by atoms with E-state index >= 15 is 0 Å². The van der Waals surface area contributed by atoms with Gasteiger partial charge in [0.2, 0.25) is 5.95 Å². The second-order valence-corrected chi connectivity index (χ2v) is 2.94. The number of rotatable bonds is 0. The summed E-state index contributed by atoms with van der Waals surface area (Å²) >= 11 is 0. The Hall–Kier alpha value is -1.38. The minimum atomic E-state index is -0.396. The van der Waals surface area contributed by atoms with E-state index in [1.54, 1.807) is 17.8 Å². The molecule has 0 bridgehead atoms. The average molecular weight is 164 g/mol. The lowest BCUT2D eigenvalue weighted by molar-refractivity contribution is 0.562. The maximum atomic E-state index is 13.0. The van der Waals surface area contributed by atoms with Crippen molar-refractivity contribution in [2.45, 2.75) is 6.92 Å². The van der Waals surface area contributed by atoms with Crippen molar-refractivity contribution in [2.24, 2.45) is 7.05 Å². The van der Waals surface area contributed by atoms with Gasteiger partial charge in [-0.15, -0.1) is 5.10 Å². The third-order valence-electron chi connectivity index (χ3n) is 1.96. The van der Waals surface area contributed by atoms with Crippen molar-refractivity contribution >= 4 is 10.9 Å². The zero-order chi connectivity index (χ0) is 8.72. The SMILES string of the molecule is Cc1ccc2c(F)nn(C)c2c1. The monoisotopic (exact) mass is 164 g/mol. The molecule has 0 aliphatic heterocycles. The standard InChI is InChI=1S/C9H9FN2/c1-6-3-4-7-8(5-6)12(2)11-9(7)10/h3-5H,1-2H3. The van der Waals surface area contributed by atoms with Crippen LogP contribution in [0.3, 0.4) is 0 Å². The van der Waals surface area contributed by atoms with Crippen molar-refractivity contribution in [1.82, 2.24) is 9.78 Å². The highest BCUT2D eigenvalue weighted by molar-refractivity contribution is 5.79. The predicted molar refractivity (Wildman–Crippen MR) is 45.4 cm³/mol. The van der Waals surface area contributed by atoms with Crippen LogP contribution in [0, 0.1) is 12.9 Å². The second-order valence-electron chi connectivity index (χ2n) is 2.94. The lowest BCUT2D eigenvalue weighted by Crippen LogP contribution is -1.89. The topological polar surface area (TPSA) is 17.8 Å². The largest absolute Gasteiger partial charge is 0.265 e. The average Bonchev–Trinajstić information content (AvgIpc) is 2.28. The number of aryl methyl sites for hydroxylation is 2. The fourth-order valence-electron chi connectivity index (χ4n) is 1.32. The van der Waals surface area contributed by atoms with Crippen LogP contribution in [-0.2, 0) is 7.05 Å². The molecule has 1 heterocycles. The van der Waals surface area contributed by atoms with Gasteiger partial charge in [-0.2, -0.15) is 4.39 Å². The molecule has 1 aromatic heterocycles. The highest BCUT2D eigenvalue weighted by Gasteiger charge is 2.06. The van der Waals surface area contributed by atoms with Gasteiger partial charge in [0.05, 0.1) is 10.9 Å². The number of hydrogen-bond acceptors (Lipinski definition) is 1. The van der Waals surface area contributed by atoms with Crippen LogP contribution in [-0.4, -0.2) is 9.78 Å². The van der Waals surface area contributed by atoms with Gasteiger partial charge >= 0.3 is 0 Å². The van der Waals surface area contributed by atoms with Gasteiger partial charge in [0, 0.05) is 7.05 Å². The first-order valence-electron chi connectivity index (χ1n) is 3.77. The zero-order valence-electron chi connectivity index (χ0n) is 7.00. The Labute approximate surface area is 69.6 Å². The molecule has 2 nitrogen and oxygen atoms in total. The van der Waals surface area contributed by atoms with E-state index in [2.05, 4.69) is 5.10 Å². The third-order valence-corrected chi connectivity index (χ3v) is 1.96. The molecule has 0 N–H and O–H groups in total. The molecule has 0 aliphatic rings. The maximum Gasteiger partial charge on any atom is 0.240 e. The number of benzene rings is 1. The molecule has 1 aromatic carbocycles. The minimum Gasteiger partial charge on any atom is -0.265 e. The van der Waals surface area contributed by atoms with Crippen LogP contribution >= 0.6 is 0 Å². The summed E-state index contributed by atoms with van der Waals surface area (Å²) in [6.07, 6.45) is 0. The number of hydrogen-bond donors (Lipinski definition) is 0. The predicted octanol–water partition coefficient (Wildman–Crippen LogP) is 2.02. The van der Waals surface area contributed by atoms with Gasteiger partial charge in [-0.05, 0) is 24.6 Å². The first kappa shape index (κ1) is 7.28. The molecule has 0 spiro atoms. The molecule has 2 rings (SSSR count). The van der Waals surface area contributed by atoms with Gasteiger partial charge in [-0.25, -0.2) is 0 Å². The van der Waals surface area contributed by atoms with Crippen LogP contribution in [0.15, 0.2) is 18.2 Å². The number of aromatic nitrogens is 2. The number of fused-ring (bicyclic) bond motifs is 1. The summed E-state index contributed by atoms with van der Waals surface area (Å²) in [5, 5.41) is 4.27. The number of halogens is 1. The Morgan fingerprint density at radius 3 is 2.92 bits per heavy atom. The van der Waals surface area contributed by atoms with E-state index in [1.165, 1.54) is 0 Å². The Bertz CT molecular complexity index is 431. The smallest absolute Gasteiger partial charge is 0.240 e. The number of nitrogens with zero attached hydrogens (tertiary/aromatic N) is 2. The molecule has 3 heteroatoms. The van der Waals surface area contributed by atoms with Gasteiger partial charge in [-0.1, -0.05) is 6.07 Å². The Balaban J connectivity index is 2.90. The molecule has 0 saturated carbocycles. The van der Waals surface area contributed by atoms with E-state index in [9.17, 15) is 4.39 Å². The summed E-state index contributed by atoms with van der Waals surface area (Å²) in [7, 11) is 1.74. The summed E-state index contributed by atoms with van der Waals surface area (Å²) in [5.74, 6) is -0.396. The highest BCUT2D eigenvalue weighted by Crippen LogP contribution is 2.17. The summed E-state index contributed by atoms with van der Waals surface area (Å²) in [6, 6.07) is 5.56. The van der Waals surface area contributed by atoms with Crippen molar-refractivity contribution in [3.05, 3.63) is 29.7 Å². The minimum absolute atomic E-state index is 0.396.